The molecular weight excluding hydrogens is 701 g/mol. The molecule has 2 atom stereocenters. The van der Waals surface area contributed by atoms with Crippen LogP contribution in [0.4, 0.5) is 0 Å². The number of phosphoric ester groups is 1. The molecule has 0 aliphatic heterocycles. The Hall–Kier alpha value is -2.55. The number of unbranched alkanes of at least 4 members (excludes halogenated alkanes) is 16. The summed E-state index contributed by atoms with van der Waals surface area (Å²) in [4.78, 5) is 37.5. The third kappa shape index (κ3) is 27.9. The number of carbonyl (C=O) groups excluding carboxylic acids is 2. The van der Waals surface area contributed by atoms with Crippen molar-refractivity contribution < 1.29 is 42.1 Å². The van der Waals surface area contributed by atoms with E-state index in [1.165, 1.54) is 75.3 Å². The van der Waals surface area contributed by atoms with Gasteiger partial charge in [-0.15, -0.1) is 0 Å². The van der Waals surface area contributed by atoms with Crippen LogP contribution in [0.5, 0.6) is 0 Å². The Labute approximate surface area is 327 Å². The number of esters is 2. The number of quaternary nitrogens is 1. The molecule has 1 unspecified atom stereocenters. The van der Waals surface area contributed by atoms with Crippen molar-refractivity contribution in [3.8, 4) is 0 Å². The van der Waals surface area contributed by atoms with E-state index < -0.39 is 32.5 Å². The molecule has 0 spiro atoms. The maximum atomic E-state index is 12.7. The van der Waals surface area contributed by atoms with Gasteiger partial charge in [0.2, 0.25) is 0 Å². The molecule has 0 aromatic heterocycles. The smallest absolute Gasteiger partial charge is 0.306 e. The molecular formula is C44H72NO8P. The van der Waals surface area contributed by atoms with E-state index in [0.29, 0.717) is 17.4 Å². The molecule has 10 heteroatoms. The van der Waals surface area contributed by atoms with Crippen molar-refractivity contribution in [2.75, 3.05) is 47.5 Å². The third-order valence-electron chi connectivity index (χ3n) is 9.54. The molecule has 0 aliphatic rings. The van der Waals surface area contributed by atoms with E-state index in [9.17, 15) is 19.0 Å². The number of carbonyl (C=O) groups is 2. The van der Waals surface area contributed by atoms with E-state index in [0.717, 1.165) is 57.8 Å². The number of hydrogen-bond acceptors (Lipinski definition) is 8. The van der Waals surface area contributed by atoms with Gasteiger partial charge in [0, 0.05) is 12.8 Å². The third-order valence-corrected chi connectivity index (χ3v) is 10.5. The quantitative estimate of drug-likeness (QED) is 0.0299. The fourth-order valence-electron chi connectivity index (χ4n) is 6.22. The SMILES string of the molecule is C[N+](C)(C)CCOP(=O)([O-])OC[C@@H](COC(=O)CCCCCCCCCCCc1ccccc1)OC(=O)CCCCCCCCCCCc1ccccc1. The van der Waals surface area contributed by atoms with Gasteiger partial charge < -0.3 is 27.9 Å². The molecule has 2 aromatic rings. The minimum Gasteiger partial charge on any atom is -0.756 e. The molecule has 0 bridgehead atoms. The molecule has 54 heavy (non-hydrogen) atoms. The molecule has 0 radical (unpaired) electrons. The first-order valence-electron chi connectivity index (χ1n) is 20.9. The summed E-state index contributed by atoms with van der Waals surface area (Å²) in [6.45, 7) is -0.302. The molecule has 0 fully saturated rings. The van der Waals surface area contributed by atoms with Crippen molar-refractivity contribution in [1.82, 2.24) is 0 Å². The highest BCUT2D eigenvalue weighted by Crippen LogP contribution is 2.38. The molecule has 0 aliphatic carbocycles. The van der Waals surface area contributed by atoms with Crippen molar-refractivity contribution in [3.05, 3.63) is 71.8 Å². The highest BCUT2D eigenvalue weighted by Gasteiger charge is 2.21. The number of benzene rings is 2. The van der Waals surface area contributed by atoms with Gasteiger partial charge in [0.1, 0.15) is 19.8 Å². The van der Waals surface area contributed by atoms with Crippen LogP contribution in [0.3, 0.4) is 0 Å². The van der Waals surface area contributed by atoms with Gasteiger partial charge in [-0.25, -0.2) is 0 Å². The highest BCUT2D eigenvalue weighted by atomic mass is 31.2. The van der Waals surface area contributed by atoms with Crippen LogP contribution in [-0.4, -0.2) is 70.0 Å². The van der Waals surface area contributed by atoms with E-state index in [4.69, 9.17) is 18.5 Å². The van der Waals surface area contributed by atoms with Crippen LogP contribution < -0.4 is 4.89 Å². The first-order valence-corrected chi connectivity index (χ1v) is 22.3. The van der Waals surface area contributed by atoms with E-state index in [1.807, 2.05) is 21.1 Å². The minimum atomic E-state index is -4.63. The fraction of sp³-hybridized carbons (Fsp3) is 0.682. The van der Waals surface area contributed by atoms with Gasteiger partial charge in [-0.3, -0.25) is 14.2 Å². The van der Waals surface area contributed by atoms with Gasteiger partial charge >= 0.3 is 11.9 Å². The Kier molecular flexibility index (Phi) is 26.2. The zero-order valence-electron chi connectivity index (χ0n) is 33.9. The maximum Gasteiger partial charge on any atom is 0.306 e. The number of hydrogen-bond donors (Lipinski definition) is 0. The summed E-state index contributed by atoms with van der Waals surface area (Å²) in [5.41, 5.74) is 2.82. The van der Waals surface area contributed by atoms with E-state index in [-0.39, 0.29) is 26.1 Å². The fourth-order valence-corrected chi connectivity index (χ4v) is 6.95. The van der Waals surface area contributed by atoms with Gasteiger partial charge in [-0.05, 0) is 49.7 Å². The van der Waals surface area contributed by atoms with Crippen LogP contribution in [0.1, 0.15) is 140 Å². The predicted molar refractivity (Wildman–Crippen MR) is 216 cm³/mol. The van der Waals surface area contributed by atoms with E-state index >= 15 is 0 Å². The normalized spacial score (nSPS) is 13.3. The molecule has 0 amide bonds. The van der Waals surface area contributed by atoms with Gasteiger partial charge in [0.25, 0.3) is 7.82 Å². The lowest BCUT2D eigenvalue weighted by Crippen LogP contribution is -2.37. The predicted octanol–water partition coefficient (Wildman–Crippen LogP) is 9.94. The summed E-state index contributed by atoms with van der Waals surface area (Å²) >= 11 is 0. The molecule has 306 valence electrons. The first kappa shape index (κ1) is 47.6. The highest BCUT2D eigenvalue weighted by molar-refractivity contribution is 7.45. The second-order valence-electron chi connectivity index (χ2n) is 15.7. The average molecular weight is 774 g/mol. The molecule has 2 aromatic carbocycles. The molecule has 0 saturated carbocycles. The van der Waals surface area contributed by atoms with Crippen LogP contribution in [0.2, 0.25) is 0 Å². The first-order chi connectivity index (χ1) is 26.0. The molecule has 0 heterocycles. The van der Waals surface area contributed by atoms with Crippen LogP contribution in [0.25, 0.3) is 0 Å². The van der Waals surface area contributed by atoms with Crippen molar-refractivity contribution in [3.63, 3.8) is 0 Å². The summed E-state index contributed by atoms with van der Waals surface area (Å²) in [7, 11) is 1.15. The Balaban J connectivity index is 1.58. The summed E-state index contributed by atoms with van der Waals surface area (Å²) < 4.78 is 33.9. The van der Waals surface area contributed by atoms with Crippen LogP contribution >= 0.6 is 7.82 Å². The second-order valence-corrected chi connectivity index (χ2v) is 17.1. The Morgan fingerprint density at radius 2 is 0.981 bits per heavy atom. The standard InChI is InChI=1S/C44H72NO8P/c1-45(2,3)36-37-51-54(48,49)52-39-42(53-44(47)35-27-17-13-9-5-7-11-15-21-29-41-32-24-19-25-33-41)38-50-43(46)34-26-16-12-8-4-6-10-14-20-28-40-30-22-18-23-31-40/h18-19,22-25,30-33,42H,4-17,20-21,26-29,34-39H2,1-3H3/t42-/m1/s1. The Morgan fingerprint density at radius 1 is 0.574 bits per heavy atom. The second kappa shape index (κ2) is 29.7. The number of phosphoric acid groups is 1. The monoisotopic (exact) mass is 773 g/mol. The lowest BCUT2D eigenvalue weighted by molar-refractivity contribution is -0.870. The van der Waals surface area contributed by atoms with Crippen LogP contribution in [-0.2, 0) is 45.5 Å². The Bertz CT molecular complexity index is 1270. The van der Waals surface area contributed by atoms with E-state index in [1.54, 1.807) is 0 Å². The van der Waals surface area contributed by atoms with Crippen molar-refractivity contribution >= 4 is 19.8 Å². The average Bonchev–Trinajstić information content (AvgIpc) is 3.14. The summed E-state index contributed by atoms with van der Waals surface area (Å²) in [6.07, 6.45) is 21.8. The zero-order chi connectivity index (χ0) is 39.2. The van der Waals surface area contributed by atoms with Gasteiger partial charge in [0.15, 0.2) is 6.10 Å². The van der Waals surface area contributed by atoms with Crippen molar-refractivity contribution in [2.45, 2.75) is 147 Å². The minimum absolute atomic E-state index is 0.0350. The zero-order valence-corrected chi connectivity index (χ0v) is 34.8. The van der Waals surface area contributed by atoms with Gasteiger partial charge in [-0.1, -0.05) is 151 Å². The Morgan fingerprint density at radius 3 is 1.43 bits per heavy atom. The summed E-state index contributed by atoms with van der Waals surface area (Å²) in [6, 6.07) is 21.3. The van der Waals surface area contributed by atoms with Crippen molar-refractivity contribution in [1.29, 1.82) is 0 Å². The molecule has 0 N–H and O–H groups in total. The number of likely N-dealkylation sites (N-methyl/N-ethyl adjacent to an activating group) is 1. The maximum absolute atomic E-state index is 12.7. The molecule has 9 nitrogen and oxygen atoms in total. The topological polar surface area (TPSA) is 111 Å². The lowest BCUT2D eigenvalue weighted by Gasteiger charge is -2.28. The summed E-state index contributed by atoms with van der Waals surface area (Å²) in [5, 5.41) is 0. The number of aryl methyl sites for hydroxylation is 2. The molecule has 2 rings (SSSR count). The number of nitrogens with zero attached hydrogens (tertiary/aromatic N) is 1. The van der Waals surface area contributed by atoms with Crippen molar-refractivity contribution in [2.24, 2.45) is 0 Å². The van der Waals surface area contributed by atoms with Gasteiger partial charge in [0.05, 0.1) is 27.7 Å². The van der Waals surface area contributed by atoms with Crippen LogP contribution in [0, 0.1) is 0 Å². The lowest BCUT2D eigenvalue weighted by atomic mass is 10.0. The van der Waals surface area contributed by atoms with E-state index in [2.05, 4.69) is 60.7 Å². The summed E-state index contributed by atoms with van der Waals surface area (Å²) in [5.74, 6) is -0.851. The number of ether oxygens (including phenoxy) is 2. The number of rotatable bonds is 34. The largest absolute Gasteiger partial charge is 0.756 e. The van der Waals surface area contributed by atoms with Crippen LogP contribution in [0.15, 0.2) is 60.7 Å². The molecule has 0 saturated heterocycles. The van der Waals surface area contributed by atoms with Gasteiger partial charge in [-0.2, -0.15) is 0 Å².